The van der Waals surface area contributed by atoms with Gasteiger partial charge in [-0.1, -0.05) is 0 Å². The Kier molecular flexibility index (Phi) is 26.5. The first-order chi connectivity index (χ1) is 1.73. The van der Waals surface area contributed by atoms with Crippen LogP contribution in [0.1, 0.15) is 1.43 Å². The van der Waals surface area contributed by atoms with Gasteiger partial charge in [0.1, 0.15) is 0 Å². The fraction of sp³-hybridized carbons (Fsp3) is 0. The summed E-state index contributed by atoms with van der Waals surface area (Å²) in [6, 6.07) is 0. The Morgan fingerprint density at radius 1 is 1.33 bits per heavy atom. The van der Waals surface area contributed by atoms with Gasteiger partial charge in [-0.2, -0.15) is 0 Å². The zero-order valence-corrected chi connectivity index (χ0v) is 8.45. The van der Waals surface area contributed by atoms with Crippen molar-refractivity contribution in [3.05, 3.63) is 0 Å². The van der Waals surface area contributed by atoms with Crippen molar-refractivity contribution in [3.63, 3.8) is 0 Å². The topological polar surface area (TPSA) is 63.2 Å². The van der Waals surface area contributed by atoms with Crippen LogP contribution < -0.4 is 59.1 Å². The van der Waals surface area contributed by atoms with Gasteiger partial charge in [0, 0.05) is 1.43 Å². The molecule has 0 heterocycles. The summed E-state index contributed by atoms with van der Waals surface area (Å²) in [5, 5.41) is 0. The molecule has 0 saturated carbocycles. The van der Waals surface area contributed by atoms with Crippen LogP contribution in [0.3, 0.4) is 0 Å². The van der Waals surface area contributed by atoms with Gasteiger partial charge < -0.3 is 9.11 Å². The molecule has 0 aliphatic carbocycles. The molecule has 0 N–H and O–H groups in total. The molecule has 6 heteroatoms. The van der Waals surface area contributed by atoms with Crippen LogP contribution in [0.25, 0.3) is 0 Å². The van der Waals surface area contributed by atoms with E-state index in [9.17, 15) is 0 Å². The van der Waals surface area contributed by atoms with Gasteiger partial charge in [0.05, 0.1) is 0 Å². The molecule has 3 nitrogen and oxygen atoms in total. The van der Waals surface area contributed by atoms with E-state index in [0.717, 1.165) is 0 Å². The second-order valence-electron chi connectivity index (χ2n) is 0.204. The van der Waals surface area contributed by atoms with Crippen LogP contribution in [0.15, 0.2) is 0 Å². The molecule has 0 aromatic rings. The van der Waals surface area contributed by atoms with E-state index in [0.29, 0.717) is 0 Å². The third-order valence-electron chi connectivity index (χ3n) is 0. The summed E-state index contributed by atoms with van der Waals surface area (Å²) in [5.41, 5.74) is 0. The van der Waals surface area contributed by atoms with E-state index in [2.05, 4.69) is 0 Å². The van der Waals surface area contributed by atoms with Gasteiger partial charge >= 0.3 is 59.1 Å². The Labute approximate surface area is 84.1 Å². The number of hydrogen-bond acceptors (Lipinski definition) is 3. The fourth-order valence-electron chi connectivity index (χ4n) is 0. The van der Waals surface area contributed by atoms with Crippen molar-refractivity contribution in [2.24, 2.45) is 0 Å². The maximum absolute atomic E-state index is 8.44. The van der Waals surface area contributed by atoms with Crippen molar-refractivity contribution < 1.29 is 73.9 Å². The van der Waals surface area contributed by atoms with Crippen LogP contribution >= 0.6 is 0 Å². The first-order valence-corrected chi connectivity index (χ1v) is 1.50. The molecule has 0 amide bonds. The van der Waals surface area contributed by atoms with E-state index in [1.54, 1.807) is 0 Å². The zero-order chi connectivity index (χ0) is 3.58. The van der Waals surface area contributed by atoms with Crippen molar-refractivity contribution in [2.45, 2.75) is 0 Å². The van der Waals surface area contributed by atoms with Crippen molar-refractivity contribution in [2.75, 3.05) is 0 Å². The minimum Gasteiger partial charge on any atom is -0.784 e. The van der Waals surface area contributed by atoms with E-state index in [-0.39, 0.29) is 60.5 Å². The average molecular weight is 128 g/mol. The van der Waals surface area contributed by atoms with Crippen LogP contribution in [0, 0.1) is 0 Å². The molecule has 0 aromatic carbocycles. The molecule has 0 saturated heterocycles. The Bertz CT molecular complexity index is 35.9. The molecule has 0 fully saturated rings. The third kappa shape index (κ3) is 36.4. The molecular weight excluding hydrogens is 126 g/mol. The Hall–Kier alpha value is 2.07. The Balaban J connectivity index is -0.0000000150. The SMILES string of the molecule is O=S([O-])[O-].[HH].[Na+].[Na+]. The van der Waals surface area contributed by atoms with Gasteiger partial charge in [0.15, 0.2) is 0 Å². The molecule has 0 aliphatic rings. The molecule has 0 radical (unpaired) electrons. The maximum Gasteiger partial charge on any atom is 1.00 e. The second kappa shape index (κ2) is 10.1. The third-order valence-corrected chi connectivity index (χ3v) is 0. The molecule has 0 bridgehead atoms. The predicted molar refractivity (Wildman–Crippen MR) is 11.8 cm³/mol. The van der Waals surface area contributed by atoms with E-state index >= 15 is 0 Å². The van der Waals surface area contributed by atoms with Crippen molar-refractivity contribution in [1.82, 2.24) is 0 Å². The minimum atomic E-state index is -3.11. The first kappa shape index (κ1) is 15.7. The van der Waals surface area contributed by atoms with E-state index in [4.69, 9.17) is 13.3 Å². The number of rotatable bonds is 0. The average Bonchev–Trinajstić information content (AvgIpc) is 0.811. The summed E-state index contributed by atoms with van der Waals surface area (Å²) in [4.78, 5) is 0. The molecule has 0 spiro atoms. The summed E-state index contributed by atoms with van der Waals surface area (Å²) in [6.07, 6.45) is 0. The Morgan fingerprint density at radius 2 is 1.33 bits per heavy atom. The van der Waals surface area contributed by atoms with Gasteiger partial charge in [-0.15, -0.1) is 11.4 Å². The molecule has 0 aromatic heterocycles. The van der Waals surface area contributed by atoms with Crippen molar-refractivity contribution in [1.29, 1.82) is 0 Å². The van der Waals surface area contributed by atoms with Crippen LogP contribution in [0.5, 0.6) is 0 Å². The van der Waals surface area contributed by atoms with E-state index < -0.39 is 11.4 Å². The van der Waals surface area contributed by atoms with Crippen LogP contribution in [-0.4, -0.2) is 13.3 Å². The summed E-state index contributed by atoms with van der Waals surface area (Å²) in [6.45, 7) is 0. The standard InChI is InChI=1S/2Na.H2O3S.H2/c;;1-4(2)3;/h;;(H2,1,2,3);1H/q2*+1;;/p-2. The molecule has 0 atom stereocenters. The fourth-order valence-corrected chi connectivity index (χ4v) is 0. The van der Waals surface area contributed by atoms with Gasteiger partial charge in [-0.05, 0) is 0 Å². The quantitative estimate of drug-likeness (QED) is 0.240. The summed E-state index contributed by atoms with van der Waals surface area (Å²) in [5.74, 6) is 0. The van der Waals surface area contributed by atoms with Crippen LogP contribution in [0.2, 0.25) is 0 Å². The molecule has 28 valence electrons. The maximum atomic E-state index is 8.44. The molecule has 0 unspecified atom stereocenters. The van der Waals surface area contributed by atoms with E-state index in [1.807, 2.05) is 0 Å². The largest absolute Gasteiger partial charge is 1.00 e. The summed E-state index contributed by atoms with van der Waals surface area (Å²) >= 11 is -3.11. The van der Waals surface area contributed by atoms with Gasteiger partial charge in [-0.25, -0.2) is 0 Å². The predicted octanol–water partition coefficient (Wildman–Crippen LogP) is -6.75. The first-order valence-electron chi connectivity index (χ1n) is 0.500. The number of hydrogen-bond donors (Lipinski definition) is 0. The van der Waals surface area contributed by atoms with Crippen molar-refractivity contribution in [3.8, 4) is 0 Å². The van der Waals surface area contributed by atoms with Crippen LogP contribution in [-0.2, 0) is 11.4 Å². The Morgan fingerprint density at radius 3 is 1.33 bits per heavy atom. The zero-order valence-electron chi connectivity index (χ0n) is 3.63. The van der Waals surface area contributed by atoms with Gasteiger partial charge in [-0.3, -0.25) is 4.21 Å². The smallest absolute Gasteiger partial charge is 0.784 e. The van der Waals surface area contributed by atoms with Gasteiger partial charge in [0.25, 0.3) is 0 Å². The van der Waals surface area contributed by atoms with Crippen LogP contribution in [0.4, 0.5) is 0 Å². The van der Waals surface area contributed by atoms with Crippen molar-refractivity contribution >= 4 is 11.4 Å². The van der Waals surface area contributed by atoms with E-state index in [1.165, 1.54) is 0 Å². The van der Waals surface area contributed by atoms with Gasteiger partial charge in [0.2, 0.25) is 0 Å². The normalized spacial score (nSPS) is 5.83. The summed E-state index contributed by atoms with van der Waals surface area (Å²) < 4.78 is 25.3. The molecule has 0 rings (SSSR count). The molecule has 0 aliphatic heterocycles. The molecular formula is H2Na2O3S. The minimum absolute atomic E-state index is 0. The monoisotopic (exact) mass is 128 g/mol. The molecule has 6 heavy (non-hydrogen) atoms. The second-order valence-corrected chi connectivity index (χ2v) is 0.612. The summed E-state index contributed by atoms with van der Waals surface area (Å²) in [7, 11) is 0.